The van der Waals surface area contributed by atoms with Crippen molar-refractivity contribution in [3.8, 4) is 5.75 Å². The highest BCUT2D eigenvalue weighted by Gasteiger charge is 2.19. The molecule has 0 amide bonds. The number of quaternary nitrogens is 1. The van der Waals surface area contributed by atoms with Gasteiger partial charge >= 0.3 is 0 Å². The number of rotatable bonds is 7. The molecule has 0 spiro atoms. The summed E-state index contributed by atoms with van der Waals surface area (Å²) in [5.41, 5.74) is 6.48. The van der Waals surface area contributed by atoms with Crippen molar-refractivity contribution in [2.45, 2.75) is 27.0 Å². The van der Waals surface area contributed by atoms with Gasteiger partial charge in [-0.25, -0.2) is 0 Å². The maximum atomic E-state index is 5.86. The average Bonchev–Trinajstić information content (AvgIpc) is 2.80. The van der Waals surface area contributed by atoms with Gasteiger partial charge in [-0.15, -0.1) is 0 Å². The third-order valence-corrected chi connectivity index (χ3v) is 5.88. The number of ether oxygens (including phenoxy) is 1. The lowest BCUT2D eigenvalue weighted by Crippen LogP contribution is -3.13. The summed E-state index contributed by atoms with van der Waals surface area (Å²) < 4.78 is 5.86. The van der Waals surface area contributed by atoms with Crippen molar-refractivity contribution >= 4 is 6.21 Å². The lowest BCUT2D eigenvalue weighted by atomic mass is 10.1. The second-order valence-corrected chi connectivity index (χ2v) is 8.40. The monoisotopic (exact) mass is 414 g/mol. The van der Waals surface area contributed by atoms with Gasteiger partial charge < -0.3 is 9.64 Å². The highest BCUT2D eigenvalue weighted by molar-refractivity contribution is 5.79. The molecule has 1 aliphatic rings. The minimum atomic E-state index is 0.586. The Morgan fingerprint density at radius 2 is 1.68 bits per heavy atom. The first-order valence-electron chi connectivity index (χ1n) is 11.1. The second kappa shape index (κ2) is 10.3. The maximum absolute atomic E-state index is 5.86. The number of piperazine rings is 1. The number of hydrogen-bond donors (Lipinski definition) is 1. The van der Waals surface area contributed by atoms with E-state index in [1.165, 1.54) is 22.3 Å². The van der Waals surface area contributed by atoms with Gasteiger partial charge in [-0.1, -0.05) is 54.1 Å². The van der Waals surface area contributed by atoms with Crippen LogP contribution in [0.2, 0.25) is 0 Å². The van der Waals surface area contributed by atoms with Gasteiger partial charge in [-0.2, -0.15) is 5.10 Å². The summed E-state index contributed by atoms with van der Waals surface area (Å²) in [7, 11) is 0. The smallest absolute Gasteiger partial charge is 0.119 e. The van der Waals surface area contributed by atoms with E-state index in [2.05, 4.69) is 61.3 Å². The highest BCUT2D eigenvalue weighted by atomic mass is 16.5. The van der Waals surface area contributed by atoms with Gasteiger partial charge in [0, 0.05) is 5.56 Å². The molecule has 0 unspecified atom stereocenters. The first-order valence-corrected chi connectivity index (χ1v) is 11.1. The highest BCUT2D eigenvalue weighted by Crippen LogP contribution is 2.14. The zero-order valence-corrected chi connectivity index (χ0v) is 18.6. The molecule has 1 fully saturated rings. The van der Waals surface area contributed by atoms with E-state index in [9.17, 15) is 0 Å². The molecule has 1 saturated heterocycles. The first kappa shape index (κ1) is 21.1. The van der Waals surface area contributed by atoms with Crippen LogP contribution in [0, 0.1) is 13.8 Å². The van der Waals surface area contributed by atoms with Crippen LogP contribution in [0.1, 0.15) is 27.8 Å². The van der Waals surface area contributed by atoms with E-state index in [4.69, 9.17) is 9.84 Å². The standard InChI is InChI=1S/C27H31N3O/c1-22-8-11-26(23(2)18-22)20-29-14-16-30(17-15-29)28-19-24-9-12-27(13-10-24)31-21-25-6-4-3-5-7-25/h3-13,18-19H,14-17,20-21H2,1-2H3/p+1/b28-19-. The molecule has 160 valence electrons. The molecular formula is C27H32N3O+. The third-order valence-electron chi connectivity index (χ3n) is 5.88. The molecule has 0 saturated carbocycles. The van der Waals surface area contributed by atoms with Crippen LogP contribution < -0.4 is 9.64 Å². The van der Waals surface area contributed by atoms with Crippen LogP contribution >= 0.6 is 0 Å². The molecule has 4 nitrogen and oxygen atoms in total. The summed E-state index contributed by atoms with van der Waals surface area (Å²) in [5.74, 6) is 0.879. The van der Waals surface area contributed by atoms with E-state index in [0.717, 1.165) is 44.0 Å². The molecule has 1 aliphatic heterocycles. The fourth-order valence-corrected chi connectivity index (χ4v) is 3.96. The molecule has 0 bridgehead atoms. The Morgan fingerprint density at radius 1 is 0.935 bits per heavy atom. The van der Waals surface area contributed by atoms with Crippen molar-refractivity contribution in [2.75, 3.05) is 26.2 Å². The number of hydrogen-bond acceptors (Lipinski definition) is 3. The molecule has 0 aromatic heterocycles. The van der Waals surface area contributed by atoms with E-state index in [0.29, 0.717) is 6.61 Å². The Bertz CT molecular complexity index is 991. The van der Waals surface area contributed by atoms with Crippen molar-refractivity contribution in [3.63, 3.8) is 0 Å². The predicted octanol–water partition coefficient (Wildman–Crippen LogP) is 3.62. The first-order chi connectivity index (χ1) is 15.2. The molecule has 0 aliphatic carbocycles. The number of nitrogens with zero attached hydrogens (tertiary/aromatic N) is 2. The van der Waals surface area contributed by atoms with Crippen LogP contribution in [0.4, 0.5) is 0 Å². The van der Waals surface area contributed by atoms with Crippen molar-refractivity contribution in [3.05, 3.63) is 101 Å². The zero-order valence-electron chi connectivity index (χ0n) is 18.6. The van der Waals surface area contributed by atoms with Gasteiger partial charge in [-0.3, -0.25) is 5.01 Å². The van der Waals surface area contributed by atoms with Crippen molar-refractivity contribution in [1.29, 1.82) is 0 Å². The Hall–Kier alpha value is -3.11. The van der Waals surface area contributed by atoms with Gasteiger partial charge in [-0.05, 0) is 54.8 Å². The second-order valence-electron chi connectivity index (χ2n) is 8.40. The van der Waals surface area contributed by atoms with Gasteiger partial charge in [0.2, 0.25) is 0 Å². The summed E-state index contributed by atoms with van der Waals surface area (Å²) in [6, 6.07) is 25.2. The number of nitrogens with one attached hydrogen (secondary N) is 1. The topological polar surface area (TPSA) is 29.3 Å². The fourth-order valence-electron chi connectivity index (χ4n) is 3.96. The summed E-state index contributed by atoms with van der Waals surface area (Å²) in [6.45, 7) is 10.3. The predicted molar refractivity (Wildman–Crippen MR) is 127 cm³/mol. The molecule has 4 rings (SSSR count). The van der Waals surface area contributed by atoms with Crippen LogP contribution in [0.3, 0.4) is 0 Å². The maximum Gasteiger partial charge on any atom is 0.119 e. The van der Waals surface area contributed by atoms with E-state index in [-0.39, 0.29) is 0 Å². The average molecular weight is 415 g/mol. The minimum Gasteiger partial charge on any atom is -0.489 e. The van der Waals surface area contributed by atoms with Crippen LogP contribution in [0.15, 0.2) is 77.9 Å². The number of hydrazone groups is 1. The fraction of sp³-hybridized carbons (Fsp3) is 0.296. The molecular weight excluding hydrogens is 382 g/mol. The molecule has 3 aromatic rings. The SMILES string of the molecule is Cc1ccc(C[NH+]2CCN(/N=C\c3ccc(OCc4ccccc4)cc3)CC2)c(C)c1. The Balaban J connectivity index is 1.23. The van der Waals surface area contributed by atoms with E-state index < -0.39 is 0 Å². The quantitative estimate of drug-likeness (QED) is 0.599. The number of benzene rings is 3. The minimum absolute atomic E-state index is 0.586. The Kier molecular flexibility index (Phi) is 7.00. The molecule has 3 aromatic carbocycles. The van der Waals surface area contributed by atoms with Gasteiger partial charge in [0.1, 0.15) is 18.9 Å². The van der Waals surface area contributed by atoms with Crippen molar-refractivity contribution in [2.24, 2.45) is 5.10 Å². The molecule has 1 heterocycles. The normalized spacial score (nSPS) is 14.8. The van der Waals surface area contributed by atoms with Crippen molar-refractivity contribution in [1.82, 2.24) is 5.01 Å². The summed E-state index contributed by atoms with van der Waals surface area (Å²) in [5, 5.41) is 6.89. The van der Waals surface area contributed by atoms with Crippen molar-refractivity contribution < 1.29 is 9.64 Å². The summed E-state index contributed by atoms with van der Waals surface area (Å²) >= 11 is 0. The zero-order chi connectivity index (χ0) is 21.5. The van der Waals surface area contributed by atoms with Crippen LogP contribution in [-0.4, -0.2) is 37.4 Å². The lowest BCUT2D eigenvalue weighted by Gasteiger charge is -2.30. The van der Waals surface area contributed by atoms with Gasteiger partial charge in [0.25, 0.3) is 0 Å². The lowest BCUT2D eigenvalue weighted by molar-refractivity contribution is -0.918. The molecule has 4 heteroatoms. The van der Waals surface area contributed by atoms with Crippen LogP contribution in [0.5, 0.6) is 5.75 Å². The van der Waals surface area contributed by atoms with Gasteiger partial charge in [0.05, 0.1) is 32.4 Å². The number of aryl methyl sites for hydroxylation is 2. The largest absolute Gasteiger partial charge is 0.489 e. The van der Waals surface area contributed by atoms with Crippen LogP contribution in [-0.2, 0) is 13.2 Å². The summed E-state index contributed by atoms with van der Waals surface area (Å²) in [6.07, 6.45) is 1.95. The third kappa shape index (κ3) is 6.19. The van der Waals surface area contributed by atoms with E-state index in [1.807, 2.05) is 36.5 Å². The van der Waals surface area contributed by atoms with E-state index in [1.54, 1.807) is 4.90 Å². The van der Waals surface area contributed by atoms with Crippen LogP contribution in [0.25, 0.3) is 0 Å². The van der Waals surface area contributed by atoms with Gasteiger partial charge in [0.15, 0.2) is 0 Å². The Morgan fingerprint density at radius 3 is 2.39 bits per heavy atom. The Labute approximate surface area is 185 Å². The molecule has 31 heavy (non-hydrogen) atoms. The molecule has 0 radical (unpaired) electrons. The van der Waals surface area contributed by atoms with E-state index >= 15 is 0 Å². The molecule has 0 atom stereocenters. The molecule has 1 N–H and O–H groups in total. The summed E-state index contributed by atoms with van der Waals surface area (Å²) in [4.78, 5) is 1.64.